The number of esters is 1. The first kappa shape index (κ1) is 12.4. The molecule has 0 aromatic carbocycles. The molecule has 0 saturated heterocycles. The molecule has 0 aliphatic carbocycles. The number of allylic oxidation sites excluding steroid dienone is 1. The first-order valence-corrected chi connectivity index (χ1v) is 4.09. The van der Waals surface area contributed by atoms with Crippen LogP contribution in [0.25, 0.3) is 0 Å². The highest BCUT2D eigenvalue weighted by Gasteiger charge is 2.04. The minimum atomic E-state index is -0.509. The average Bonchev–Trinajstić information content (AvgIpc) is 2.02. The molecule has 14 heavy (non-hydrogen) atoms. The van der Waals surface area contributed by atoms with Crippen LogP contribution in [-0.4, -0.2) is 18.4 Å². The Labute approximate surface area is 83.2 Å². The number of ketones is 1. The maximum atomic E-state index is 11.0. The minimum Gasteiger partial charge on any atom is -0.490 e. The Morgan fingerprint density at radius 2 is 1.86 bits per heavy atom. The van der Waals surface area contributed by atoms with Crippen LogP contribution in [0.1, 0.15) is 20.8 Å². The first-order chi connectivity index (χ1) is 6.43. The molecule has 0 atom stereocenters. The Kier molecular flexibility index (Phi) is 5.29. The summed E-state index contributed by atoms with van der Waals surface area (Å²) in [5.41, 5.74) is 0.310. The van der Waals surface area contributed by atoms with E-state index >= 15 is 0 Å². The van der Waals surface area contributed by atoms with Crippen molar-refractivity contribution in [2.75, 3.05) is 6.61 Å². The summed E-state index contributed by atoms with van der Waals surface area (Å²) in [5.74, 6) is -0.315. The van der Waals surface area contributed by atoms with E-state index in [4.69, 9.17) is 9.47 Å². The molecule has 0 aromatic rings. The zero-order valence-corrected chi connectivity index (χ0v) is 8.62. The zero-order valence-electron chi connectivity index (χ0n) is 8.62. The van der Waals surface area contributed by atoms with Gasteiger partial charge < -0.3 is 9.47 Å². The van der Waals surface area contributed by atoms with Gasteiger partial charge >= 0.3 is 5.97 Å². The number of carbonyl (C=O) groups is 2. The molecule has 0 N–H and O–H groups in total. The van der Waals surface area contributed by atoms with E-state index in [-0.39, 0.29) is 12.4 Å². The van der Waals surface area contributed by atoms with E-state index in [1.54, 1.807) is 13.8 Å². The van der Waals surface area contributed by atoms with Gasteiger partial charge in [-0.05, 0) is 20.8 Å². The molecule has 0 aromatic heterocycles. The molecule has 0 heterocycles. The fourth-order valence-corrected chi connectivity index (χ4v) is 0.534. The van der Waals surface area contributed by atoms with Crippen molar-refractivity contribution in [2.45, 2.75) is 20.8 Å². The van der Waals surface area contributed by atoms with Crippen LogP contribution < -0.4 is 0 Å². The maximum Gasteiger partial charge on any atom is 0.338 e. The van der Waals surface area contributed by atoms with Gasteiger partial charge in [0.2, 0.25) is 0 Å². The molecule has 0 amide bonds. The van der Waals surface area contributed by atoms with Crippen molar-refractivity contribution in [1.29, 1.82) is 0 Å². The van der Waals surface area contributed by atoms with Gasteiger partial charge in [0.05, 0.1) is 0 Å². The van der Waals surface area contributed by atoms with E-state index < -0.39 is 5.97 Å². The molecule has 0 rings (SSSR count). The van der Waals surface area contributed by atoms with Crippen LogP contribution in [0.5, 0.6) is 0 Å². The summed E-state index contributed by atoms with van der Waals surface area (Å²) in [6.07, 6.45) is 1.22. The van der Waals surface area contributed by atoms with Gasteiger partial charge in [0, 0.05) is 5.57 Å². The highest BCUT2D eigenvalue weighted by Crippen LogP contribution is 2.01. The van der Waals surface area contributed by atoms with Gasteiger partial charge in [-0.25, -0.2) is 4.79 Å². The highest BCUT2D eigenvalue weighted by atomic mass is 16.6. The number of rotatable bonds is 5. The Balaban J connectivity index is 3.95. The number of Topliss-reactive ketones (excluding diaryl/α,β-unsaturated/α-hetero) is 1. The largest absolute Gasteiger partial charge is 0.490 e. The quantitative estimate of drug-likeness (QED) is 0.382. The predicted molar refractivity (Wildman–Crippen MR) is 51.3 cm³/mol. The maximum absolute atomic E-state index is 11.0. The van der Waals surface area contributed by atoms with Crippen LogP contribution in [0.2, 0.25) is 0 Å². The summed E-state index contributed by atoms with van der Waals surface area (Å²) in [6, 6.07) is 0. The van der Waals surface area contributed by atoms with Crippen LogP contribution in [0.4, 0.5) is 0 Å². The predicted octanol–water partition coefficient (Wildman–Crippen LogP) is 1.57. The lowest BCUT2D eigenvalue weighted by Crippen LogP contribution is -2.05. The topological polar surface area (TPSA) is 52.6 Å². The normalized spacial score (nSPS) is 10.6. The highest BCUT2D eigenvalue weighted by molar-refractivity contribution is 5.87. The molecule has 0 spiro atoms. The molecule has 0 fully saturated rings. The Morgan fingerprint density at radius 3 is 2.29 bits per heavy atom. The molecule has 0 aliphatic rings. The third-order valence-corrected chi connectivity index (χ3v) is 1.14. The Hall–Kier alpha value is -1.58. The standard InChI is InChI=1S/C10H14O4/c1-7(2)10(12)14-9(4)6-13-5-8(3)11/h6H,1,5H2,2-4H3/b9-6-. The third kappa shape index (κ3) is 5.99. The van der Waals surface area contributed by atoms with E-state index in [2.05, 4.69) is 6.58 Å². The average molecular weight is 198 g/mol. The monoisotopic (exact) mass is 198 g/mol. The van der Waals surface area contributed by atoms with Crippen LogP contribution in [0.3, 0.4) is 0 Å². The van der Waals surface area contributed by atoms with Crippen molar-refractivity contribution in [3.8, 4) is 0 Å². The lowest BCUT2D eigenvalue weighted by Gasteiger charge is -2.03. The molecule has 0 unspecified atom stereocenters. The van der Waals surface area contributed by atoms with Crippen LogP contribution in [0, 0.1) is 0 Å². The van der Waals surface area contributed by atoms with Crippen molar-refractivity contribution >= 4 is 11.8 Å². The van der Waals surface area contributed by atoms with Gasteiger partial charge in [-0.15, -0.1) is 0 Å². The molecule has 0 radical (unpaired) electrons. The molecule has 0 saturated carbocycles. The second-order valence-corrected chi connectivity index (χ2v) is 2.91. The van der Waals surface area contributed by atoms with Crippen molar-refractivity contribution in [3.05, 3.63) is 24.2 Å². The van der Waals surface area contributed by atoms with Gasteiger partial charge in [0.1, 0.15) is 18.6 Å². The van der Waals surface area contributed by atoms with Crippen LogP contribution in [-0.2, 0) is 19.1 Å². The second-order valence-electron chi connectivity index (χ2n) is 2.91. The summed E-state index contributed by atoms with van der Waals surface area (Å²) in [7, 11) is 0. The zero-order chi connectivity index (χ0) is 11.1. The number of hydrogen-bond donors (Lipinski definition) is 0. The smallest absolute Gasteiger partial charge is 0.338 e. The van der Waals surface area contributed by atoms with Gasteiger partial charge in [-0.2, -0.15) is 0 Å². The lowest BCUT2D eigenvalue weighted by atomic mass is 10.4. The molecule has 78 valence electrons. The van der Waals surface area contributed by atoms with Gasteiger partial charge in [-0.1, -0.05) is 6.58 Å². The fraction of sp³-hybridized carbons (Fsp3) is 0.400. The third-order valence-electron chi connectivity index (χ3n) is 1.14. The van der Waals surface area contributed by atoms with E-state index in [1.807, 2.05) is 0 Å². The summed E-state index contributed by atoms with van der Waals surface area (Å²) in [6.45, 7) is 7.90. The molecular weight excluding hydrogens is 184 g/mol. The Bertz CT molecular complexity index is 276. The van der Waals surface area contributed by atoms with E-state index in [0.717, 1.165) is 0 Å². The van der Waals surface area contributed by atoms with Crippen molar-refractivity contribution in [3.63, 3.8) is 0 Å². The SMILES string of the molecule is C=C(C)C(=O)O/C(C)=C\OCC(C)=O. The molecule has 0 aliphatic heterocycles. The first-order valence-electron chi connectivity index (χ1n) is 4.09. The second kappa shape index (κ2) is 5.96. The summed E-state index contributed by atoms with van der Waals surface area (Å²) < 4.78 is 9.60. The van der Waals surface area contributed by atoms with Crippen LogP contribution in [0.15, 0.2) is 24.2 Å². The lowest BCUT2D eigenvalue weighted by molar-refractivity contribution is -0.135. The van der Waals surface area contributed by atoms with Gasteiger partial charge in [0.15, 0.2) is 5.78 Å². The summed E-state index contributed by atoms with van der Waals surface area (Å²) >= 11 is 0. The van der Waals surface area contributed by atoms with E-state index in [9.17, 15) is 9.59 Å². The molecule has 0 bridgehead atoms. The van der Waals surface area contributed by atoms with Crippen LogP contribution >= 0.6 is 0 Å². The van der Waals surface area contributed by atoms with Gasteiger partial charge in [-0.3, -0.25) is 4.79 Å². The number of hydrogen-bond acceptors (Lipinski definition) is 4. The molecule has 4 heteroatoms. The minimum absolute atomic E-state index is 0.0258. The summed E-state index contributed by atoms with van der Waals surface area (Å²) in [4.78, 5) is 21.4. The fourth-order valence-electron chi connectivity index (χ4n) is 0.534. The van der Waals surface area contributed by atoms with Crippen molar-refractivity contribution < 1.29 is 19.1 Å². The summed E-state index contributed by atoms with van der Waals surface area (Å²) in [5, 5.41) is 0. The Morgan fingerprint density at radius 1 is 1.29 bits per heavy atom. The molecular formula is C10H14O4. The number of ether oxygens (including phenoxy) is 2. The van der Waals surface area contributed by atoms with E-state index in [0.29, 0.717) is 11.3 Å². The van der Waals surface area contributed by atoms with E-state index in [1.165, 1.54) is 13.2 Å². The number of carbonyl (C=O) groups excluding carboxylic acids is 2. The molecule has 4 nitrogen and oxygen atoms in total. The van der Waals surface area contributed by atoms with Crippen molar-refractivity contribution in [2.24, 2.45) is 0 Å². The van der Waals surface area contributed by atoms with Gasteiger partial charge in [0.25, 0.3) is 0 Å². The van der Waals surface area contributed by atoms with Crippen molar-refractivity contribution in [1.82, 2.24) is 0 Å².